The minimum absolute atomic E-state index is 0.0131. The third-order valence-corrected chi connectivity index (χ3v) is 5.53. The first kappa shape index (κ1) is 19.4. The number of nitrogens with zero attached hydrogens (tertiary/aromatic N) is 1. The van der Waals surface area contributed by atoms with Gasteiger partial charge in [0.2, 0.25) is 0 Å². The lowest BCUT2D eigenvalue weighted by atomic mass is 10.1. The molecule has 0 aromatic heterocycles. The monoisotopic (exact) mass is 397 g/mol. The predicted molar refractivity (Wildman–Crippen MR) is 97.2 cm³/mol. The van der Waals surface area contributed by atoms with Gasteiger partial charge in [0.05, 0.1) is 19.8 Å². The lowest BCUT2D eigenvalue weighted by Crippen LogP contribution is -2.30. The fraction of sp³-hybridized carbons (Fsp3) is 0.316. The number of alkyl halides is 3. The Labute approximate surface area is 159 Å². The highest BCUT2D eigenvalue weighted by Gasteiger charge is 2.35. The number of para-hydroxylation sites is 1. The second-order valence-electron chi connectivity index (χ2n) is 5.88. The summed E-state index contributed by atoms with van der Waals surface area (Å²) in [6.45, 7) is 0.435. The Hall–Kier alpha value is -2.35. The summed E-state index contributed by atoms with van der Waals surface area (Å²) in [5.41, 5.74) is -0.0745. The summed E-state index contributed by atoms with van der Waals surface area (Å²) in [5, 5.41) is -0.364. The fourth-order valence-corrected chi connectivity index (χ4v) is 4.31. The maximum Gasteiger partial charge on any atom is 0.416 e. The zero-order chi connectivity index (χ0) is 19.6. The molecule has 1 saturated heterocycles. The Balaban J connectivity index is 1.95. The number of hydrogen-bond acceptors (Lipinski definition) is 4. The van der Waals surface area contributed by atoms with Gasteiger partial charge in [-0.1, -0.05) is 18.2 Å². The number of halogens is 3. The van der Waals surface area contributed by atoms with Crippen LogP contribution in [-0.4, -0.2) is 37.3 Å². The van der Waals surface area contributed by atoms with Crippen molar-refractivity contribution in [2.45, 2.75) is 11.6 Å². The molecule has 0 radical (unpaired) electrons. The third kappa shape index (κ3) is 3.85. The zero-order valence-corrected chi connectivity index (χ0v) is 15.6. The number of benzene rings is 2. The Morgan fingerprint density at radius 2 is 1.89 bits per heavy atom. The van der Waals surface area contributed by atoms with Gasteiger partial charge in [-0.25, -0.2) is 0 Å². The SMILES string of the molecule is COc1cccc([C@@H]2SCCN2C(=O)c2cccc(C(F)(F)F)c2)c1OC. The normalized spacial score (nSPS) is 17.1. The molecule has 2 aromatic rings. The number of carbonyl (C=O) groups is 1. The van der Waals surface area contributed by atoms with E-state index in [0.29, 0.717) is 23.8 Å². The quantitative estimate of drug-likeness (QED) is 0.755. The van der Waals surface area contributed by atoms with Gasteiger partial charge in [0.25, 0.3) is 5.91 Å². The van der Waals surface area contributed by atoms with E-state index in [4.69, 9.17) is 9.47 Å². The van der Waals surface area contributed by atoms with E-state index in [1.165, 1.54) is 38.1 Å². The summed E-state index contributed by atoms with van der Waals surface area (Å²) < 4.78 is 49.7. The van der Waals surface area contributed by atoms with Crippen molar-refractivity contribution < 1.29 is 27.4 Å². The van der Waals surface area contributed by atoms with E-state index in [1.807, 2.05) is 6.07 Å². The highest BCUT2D eigenvalue weighted by atomic mass is 32.2. The van der Waals surface area contributed by atoms with Crippen LogP contribution >= 0.6 is 11.8 Å². The minimum atomic E-state index is -4.49. The molecular weight excluding hydrogens is 379 g/mol. The Bertz CT molecular complexity index is 841. The van der Waals surface area contributed by atoms with Gasteiger partial charge in [-0.15, -0.1) is 11.8 Å². The number of rotatable bonds is 4. The summed E-state index contributed by atoms with van der Waals surface area (Å²) >= 11 is 1.53. The molecule has 8 heteroatoms. The first-order valence-electron chi connectivity index (χ1n) is 8.17. The number of amides is 1. The standard InChI is InChI=1S/C19H18F3NO3S/c1-25-15-8-4-7-14(16(15)26-2)18-23(9-10-27-18)17(24)12-5-3-6-13(11-12)19(20,21)22/h3-8,11,18H,9-10H2,1-2H3/t18-/m0/s1. The van der Waals surface area contributed by atoms with Crippen molar-refractivity contribution in [2.75, 3.05) is 26.5 Å². The summed E-state index contributed by atoms with van der Waals surface area (Å²) in [6.07, 6.45) is -4.49. The maximum atomic E-state index is 13.0. The molecule has 1 atom stereocenters. The van der Waals surface area contributed by atoms with E-state index in [-0.39, 0.29) is 10.9 Å². The average molecular weight is 397 g/mol. The lowest BCUT2D eigenvalue weighted by molar-refractivity contribution is -0.137. The van der Waals surface area contributed by atoms with E-state index in [1.54, 1.807) is 17.0 Å². The second-order valence-corrected chi connectivity index (χ2v) is 7.07. The lowest BCUT2D eigenvalue weighted by Gasteiger charge is -2.26. The topological polar surface area (TPSA) is 38.8 Å². The Morgan fingerprint density at radius 3 is 2.56 bits per heavy atom. The number of carbonyl (C=O) groups excluding carboxylic acids is 1. The van der Waals surface area contributed by atoms with Crippen molar-refractivity contribution in [3.8, 4) is 11.5 Å². The average Bonchev–Trinajstić information content (AvgIpc) is 3.15. The first-order chi connectivity index (χ1) is 12.9. The van der Waals surface area contributed by atoms with Crippen molar-refractivity contribution in [3.63, 3.8) is 0 Å². The summed E-state index contributed by atoms with van der Waals surface area (Å²) in [6, 6.07) is 9.88. The molecule has 0 unspecified atom stereocenters. The molecule has 1 amide bonds. The van der Waals surface area contributed by atoms with E-state index >= 15 is 0 Å². The molecule has 0 N–H and O–H groups in total. The van der Waals surface area contributed by atoms with E-state index in [9.17, 15) is 18.0 Å². The van der Waals surface area contributed by atoms with Crippen LogP contribution in [0.25, 0.3) is 0 Å². The van der Waals surface area contributed by atoms with Crippen LogP contribution in [0.4, 0.5) is 13.2 Å². The molecule has 0 spiro atoms. The van der Waals surface area contributed by atoms with Crippen LogP contribution in [0.1, 0.15) is 26.9 Å². The molecule has 2 aromatic carbocycles. The number of methoxy groups -OCH3 is 2. The van der Waals surface area contributed by atoms with Gasteiger partial charge in [0, 0.05) is 23.4 Å². The molecule has 0 bridgehead atoms. The first-order valence-corrected chi connectivity index (χ1v) is 9.22. The molecule has 0 aliphatic carbocycles. The summed E-state index contributed by atoms with van der Waals surface area (Å²) in [7, 11) is 3.04. The van der Waals surface area contributed by atoms with E-state index in [2.05, 4.69) is 0 Å². The molecule has 0 saturated carbocycles. The molecule has 3 rings (SSSR count). The highest BCUT2D eigenvalue weighted by Crippen LogP contribution is 2.45. The number of ether oxygens (including phenoxy) is 2. The number of thioether (sulfide) groups is 1. The highest BCUT2D eigenvalue weighted by molar-refractivity contribution is 7.99. The van der Waals surface area contributed by atoms with Crippen molar-refractivity contribution in [3.05, 3.63) is 59.2 Å². The fourth-order valence-electron chi connectivity index (χ4n) is 3.04. The Morgan fingerprint density at radius 1 is 1.15 bits per heavy atom. The van der Waals surface area contributed by atoms with Crippen molar-refractivity contribution in [2.24, 2.45) is 0 Å². The smallest absolute Gasteiger partial charge is 0.416 e. The van der Waals surface area contributed by atoms with E-state index in [0.717, 1.165) is 17.7 Å². The molecular formula is C19H18F3NO3S. The molecule has 144 valence electrons. The van der Waals surface area contributed by atoms with Gasteiger partial charge >= 0.3 is 6.18 Å². The molecule has 1 aliphatic rings. The van der Waals surface area contributed by atoms with Crippen LogP contribution in [0.15, 0.2) is 42.5 Å². The number of hydrogen-bond donors (Lipinski definition) is 0. The van der Waals surface area contributed by atoms with Gasteiger partial charge in [-0.05, 0) is 24.3 Å². The predicted octanol–water partition coefficient (Wildman–Crippen LogP) is 4.61. The molecule has 1 heterocycles. The summed E-state index contributed by atoms with van der Waals surface area (Å²) in [5.74, 6) is 1.28. The van der Waals surface area contributed by atoms with Crippen LogP contribution < -0.4 is 9.47 Å². The Kier molecular flexibility index (Phi) is 5.55. The van der Waals surface area contributed by atoms with Crippen molar-refractivity contribution >= 4 is 17.7 Å². The van der Waals surface area contributed by atoms with Gasteiger partial charge < -0.3 is 14.4 Å². The minimum Gasteiger partial charge on any atom is -0.493 e. The largest absolute Gasteiger partial charge is 0.493 e. The van der Waals surface area contributed by atoms with Crippen LogP contribution in [-0.2, 0) is 6.18 Å². The van der Waals surface area contributed by atoms with Crippen LogP contribution in [0, 0.1) is 0 Å². The van der Waals surface area contributed by atoms with Gasteiger partial charge in [0.1, 0.15) is 5.37 Å². The van der Waals surface area contributed by atoms with Crippen LogP contribution in [0.5, 0.6) is 11.5 Å². The van der Waals surface area contributed by atoms with Crippen molar-refractivity contribution in [1.82, 2.24) is 4.90 Å². The van der Waals surface area contributed by atoms with Gasteiger partial charge in [-0.2, -0.15) is 13.2 Å². The van der Waals surface area contributed by atoms with Gasteiger partial charge in [0.15, 0.2) is 11.5 Å². The van der Waals surface area contributed by atoms with Crippen LogP contribution in [0.3, 0.4) is 0 Å². The molecule has 1 fully saturated rings. The zero-order valence-electron chi connectivity index (χ0n) is 14.7. The third-order valence-electron chi connectivity index (χ3n) is 4.29. The van der Waals surface area contributed by atoms with Crippen molar-refractivity contribution in [1.29, 1.82) is 0 Å². The maximum absolute atomic E-state index is 13.0. The molecule has 1 aliphatic heterocycles. The molecule has 4 nitrogen and oxygen atoms in total. The summed E-state index contributed by atoms with van der Waals surface area (Å²) in [4.78, 5) is 14.5. The second kappa shape index (κ2) is 7.72. The van der Waals surface area contributed by atoms with Gasteiger partial charge in [-0.3, -0.25) is 4.79 Å². The van der Waals surface area contributed by atoms with Crippen LogP contribution in [0.2, 0.25) is 0 Å². The van der Waals surface area contributed by atoms with E-state index < -0.39 is 17.6 Å². The molecule has 27 heavy (non-hydrogen) atoms.